The summed E-state index contributed by atoms with van der Waals surface area (Å²) in [7, 11) is 0. The minimum absolute atomic E-state index is 0. The van der Waals surface area contributed by atoms with E-state index in [-0.39, 0.29) is 100 Å². The van der Waals surface area contributed by atoms with Gasteiger partial charge in [0.1, 0.15) is 0 Å². The van der Waals surface area contributed by atoms with Crippen molar-refractivity contribution in [1.29, 1.82) is 0 Å². The molecule has 0 aliphatic heterocycles. The fourth-order valence-electron chi connectivity index (χ4n) is 0. The van der Waals surface area contributed by atoms with Gasteiger partial charge in [-0.15, -0.1) is 0 Å². The standard InChI is InChI=1S/Ca.K.2H2O.2H/h;;2*1H2;;/q;+1;;;;/p-1. The third kappa shape index (κ3) is 8.84. The van der Waals surface area contributed by atoms with E-state index in [2.05, 4.69) is 0 Å². The van der Waals surface area contributed by atoms with Crippen molar-refractivity contribution in [3.63, 3.8) is 0 Å². The van der Waals surface area contributed by atoms with Gasteiger partial charge in [0.25, 0.3) is 0 Å². The first-order chi connectivity index (χ1) is 0. The van der Waals surface area contributed by atoms with Gasteiger partial charge in [-0.1, -0.05) is 0 Å². The zero-order valence-corrected chi connectivity index (χ0v) is 5.07. The Kier molecular flexibility index (Phi) is 124. The van der Waals surface area contributed by atoms with E-state index in [1.807, 2.05) is 0 Å². The van der Waals surface area contributed by atoms with Crippen molar-refractivity contribution in [2.45, 2.75) is 0 Å². The monoisotopic (exact) mass is 116 g/mol. The molecule has 0 saturated heterocycles. The van der Waals surface area contributed by atoms with E-state index < -0.39 is 0 Å². The normalized spacial score (nSPS) is 0. The fourth-order valence-corrected chi connectivity index (χ4v) is 0. The van der Waals surface area contributed by atoms with Crippen molar-refractivity contribution < 1.29 is 62.3 Å². The molecule has 3 N–H and O–H groups in total. The molecule has 0 heterocycles. The third-order valence-electron chi connectivity index (χ3n) is 0. The molecular formula is H5CaKO2. The van der Waals surface area contributed by atoms with Crippen LogP contribution in [0.4, 0.5) is 0 Å². The van der Waals surface area contributed by atoms with Gasteiger partial charge in [-0.2, -0.15) is 0 Å². The van der Waals surface area contributed by atoms with Crippen LogP contribution in [0.1, 0.15) is 0 Å². The Morgan fingerprint density at radius 2 is 1.00 bits per heavy atom. The number of hydrogen-bond acceptors (Lipinski definition) is 1. The minimum atomic E-state index is 0. The van der Waals surface area contributed by atoms with Crippen LogP contribution in [0.2, 0.25) is 0 Å². The molecule has 0 aliphatic carbocycles. The summed E-state index contributed by atoms with van der Waals surface area (Å²) in [6, 6.07) is 0. The van der Waals surface area contributed by atoms with Crippen LogP contribution >= 0.6 is 0 Å². The van der Waals surface area contributed by atoms with Crippen molar-refractivity contribution in [2.75, 3.05) is 0 Å². The third-order valence-corrected chi connectivity index (χ3v) is 0. The Morgan fingerprint density at radius 1 is 1.00 bits per heavy atom. The quantitative estimate of drug-likeness (QED) is 0.293. The Morgan fingerprint density at radius 3 is 1.00 bits per heavy atom. The molecule has 0 aliphatic rings. The van der Waals surface area contributed by atoms with Gasteiger partial charge in [0.05, 0.1) is 0 Å². The summed E-state index contributed by atoms with van der Waals surface area (Å²) in [6.07, 6.45) is 0. The van der Waals surface area contributed by atoms with Crippen LogP contribution in [0.5, 0.6) is 0 Å². The van der Waals surface area contributed by atoms with Crippen molar-refractivity contribution in [1.82, 2.24) is 0 Å². The molecular weight excluding hydrogens is 111 g/mol. The van der Waals surface area contributed by atoms with Gasteiger partial charge in [-0.25, -0.2) is 0 Å². The average Bonchev–Trinajstić information content (AvgIpc) is 0. The maximum absolute atomic E-state index is 0. The average molecular weight is 116 g/mol. The molecule has 20 valence electrons. The van der Waals surface area contributed by atoms with Crippen LogP contribution in [0.15, 0.2) is 0 Å². The Hall–Kier alpha value is 2.82. The molecule has 0 unspecified atom stereocenters. The second kappa shape index (κ2) is 17.0. The first kappa shape index (κ1) is 29.1. The molecule has 0 radical (unpaired) electrons. The first-order valence-corrected chi connectivity index (χ1v) is 0. The van der Waals surface area contributed by atoms with Crippen LogP contribution in [-0.4, -0.2) is 48.7 Å². The van der Waals surface area contributed by atoms with Gasteiger partial charge < -0.3 is 11.0 Å². The van der Waals surface area contributed by atoms with Crippen molar-refractivity contribution in [3.05, 3.63) is 0 Å². The molecule has 0 spiro atoms. The van der Waals surface area contributed by atoms with Gasteiger partial charge >= 0.3 is 89.1 Å². The van der Waals surface area contributed by atoms with Crippen LogP contribution in [0.25, 0.3) is 0 Å². The summed E-state index contributed by atoms with van der Waals surface area (Å²) in [6.45, 7) is 0. The van der Waals surface area contributed by atoms with E-state index in [9.17, 15) is 0 Å². The largest absolute Gasteiger partial charge is 1.00 e. The molecule has 0 amide bonds. The summed E-state index contributed by atoms with van der Waals surface area (Å²) < 4.78 is 0. The minimum Gasteiger partial charge on any atom is -0.870 e. The first-order valence-electron chi connectivity index (χ1n) is 0. The second-order valence-corrected chi connectivity index (χ2v) is 0. The molecule has 0 aromatic rings. The summed E-state index contributed by atoms with van der Waals surface area (Å²) in [5.74, 6) is 0. The van der Waals surface area contributed by atoms with E-state index in [4.69, 9.17) is 0 Å². The predicted octanol–water partition coefficient (Wildman–Crippen LogP) is -4.91. The SMILES string of the molecule is O.[CaH2].[K+].[OH-]. The molecule has 0 saturated carbocycles. The maximum Gasteiger partial charge on any atom is 1.00 e. The van der Waals surface area contributed by atoms with Crippen LogP contribution in [-0.2, 0) is 0 Å². The molecule has 2 nitrogen and oxygen atoms in total. The van der Waals surface area contributed by atoms with Crippen LogP contribution in [0.3, 0.4) is 0 Å². The molecule has 0 rings (SSSR count). The van der Waals surface area contributed by atoms with Crippen molar-refractivity contribution in [2.24, 2.45) is 0 Å². The van der Waals surface area contributed by atoms with E-state index in [0.717, 1.165) is 0 Å². The van der Waals surface area contributed by atoms with Crippen molar-refractivity contribution >= 4 is 37.7 Å². The van der Waals surface area contributed by atoms with Crippen LogP contribution in [0, 0.1) is 0 Å². The van der Waals surface area contributed by atoms with E-state index in [0.29, 0.717) is 0 Å². The van der Waals surface area contributed by atoms with Gasteiger partial charge in [0.15, 0.2) is 0 Å². The number of hydrogen-bond donors (Lipinski definition) is 0. The molecule has 4 heteroatoms. The molecule has 0 fully saturated rings. The van der Waals surface area contributed by atoms with E-state index in [1.165, 1.54) is 0 Å². The molecule has 4 heavy (non-hydrogen) atoms. The van der Waals surface area contributed by atoms with Crippen LogP contribution < -0.4 is 51.4 Å². The smallest absolute Gasteiger partial charge is 0.870 e. The second-order valence-electron chi connectivity index (χ2n) is 0. The summed E-state index contributed by atoms with van der Waals surface area (Å²) in [4.78, 5) is 0. The summed E-state index contributed by atoms with van der Waals surface area (Å²) in [5, 5.41) is 0. The van der Waals surface area contributed by atoms with Gasteiger partial charge in [0.2, 0.25) is 0 Å². The van der Waals surface area contributed by atoms with Gasteiger partial charge in [0, 0.05) is 0 Å². The maximum atomic E-state index is 0. The van der Waals surface area contributed by atoms with E-state index >= 15 is 0 Å². The molecule has 0 aromatic heterocycles. The molecule has 0 bridgehead atoms. The summed E-state index contributed by atoms with van der Waals surface area (Å²) >= 11 is 0. The van der Waals surface area contributed by atoms with Gasteiger partial charge in [-0.3, -0.25) is 0 Å². The van der Waals surface area contributed by atoms with Gasteiger partial charge in [-0.05, 0) is 0 Å². The predicted molar refractivity (Wildman–Crippen MR) is 14.1 cm³/mol. The van der Waals surface area contributed by atoms with E-state index in [1.54, 1.807) is 0 Å². The zero-order valence-electron chi connectivity index (χ0n) is 1.95. The number of rotatable bonds is 0. The molecule has 0 atom stereocenters. The zero-order chi connectivity index (χ0) is 0. The fraction of sp³-hybridized carbons (Fsp3) is 0. The Labute approximate surface area is 97.4 Å². The Balaban J connectivity index is 0. The summed E-state index contributed by atoms with van der Waals surface area (Å²) in [5.41, 5.74) is 0. The molecule has 0 aromatic carbocycles. The van der Waals surface area contributed by atoms with Crippen molar-refractivity contribution in [3.8, 4) is 0 Å². The topological polar surface area (TPSA) is 61.5 Å². The Bertz CT molecular complexity index is 6.00.